The van der Waals surface area contributed by atoms with Crippen molar-refractivity contribution in [2.75, 3.05) is 0 Å². The Bertz CT molecular complexity index is 1360. The molecule has 0 aliphatic heterocycles. The number of aromatic carboxylic acids is 1. The summed E-state index contributed by atoms with van der Waals surface area (Å²) >= 11 is 0. The van der Waals surface area contributed by atoms with Gasteiger partial charge in [0.1, 0.15) is 23.6 Å². The van der Waals surface area contributed by atoms with Crippen LogP contribution in [0.1, 0.15) is 85.8 Å². The first-order valence-electron chi connectivity index (χ1n) is 13.6. The Morgan fingerprint density at radius 3 is 2.30 bits per heavy atom. The molecule has 0 aliphatic rings. The maximum Gasteiger partial charge on any atom is 0.407 e. The Balaban J connectivity index is 2.15. The molecule has 2 aromatic heterocycles. The summed E-state index contributed by atoms with van der Waals surface area (Å²) in [5.41, 5.74) is 5.49. The zero-order chi connectivity index (χ0) is 29.6. The van der Waals surface area contributed by atoms with E-state index in [1.807, 2.05) is 65.8 Å². The summed E-state index contributed by atoms with van der Waals surface area (Å²) in [7, 11) is 0. The second-order valence-electron chi connectivity index (χ2n) is 11.2. The molecule has 40 heavy (non-hydrogen) atoms. The lowest BCUT2D eigenvalue weighted by Gasteiger charge is -2.24. The van der Waals surface area contributed by atoms with Gasteiger partial charge in [0.2, 0.25) is 5.88 Å². The number of aromatic nitrogens is 3. The van der Waals surface area contributed by atoms with Crippen molar-refractivity contribution < 1.29 is 24.2 Å². The minimum absolute atomic E-state index is 0.00768. The summed E-state index contributed by atoms with van der Waals surface area (Å²) in [6.45, 7) is 15.8. The molecular formula is C31H40N4O5. The topological polar surface area (TPSA) is 124 Å². The molecule has 3 rings (SSSR count). The molecule has 0 spiro atoms. The van der Waals surface area contributed by atoms with E-state index in [0.29, 0.717) is 24.6 Å². The van der Waals surface area contributed by atoms with Gasteiger partial charge in [-0.05, 0) is 58.1 Å². The van der Waals surface area contributed by atoms with Crippen LogP contribution >= 0.6 is 0 Å². The number of pyridine rings is 1. The Morgan fingerprint density at radius 2 is 1.73 bits per heavy atom. The second-order valence-corrected chi connectivity index (χ2v) is 11.2. The van der Waals surface area contributed by atoms with Crippen LogP contribution in [0.25, 0.3) is 11.1 Å². The van der Waals surface area contributed by atoms with E-state index in [-0.39, 0.29) is 24.6 Å². The summed E-state index contributed by atoms with van der Waals surface area (Å²) in [6, 6.07) is 8.13. The molecule has 0 fully saturated rings. The molecule has 0 bridgehead atoms. The number of carboxylic acids is 1. The van der Waals surface area contributed by atoms with Crippen molar-refractivity contribution in [3.8, 4) is 17.0 Å². The normalized spacial score (nSPS) is 11.4. The number of carbonyl (C=O) groups excluding carboxylic acids is 1. The lowest BCUT2D eigenvalue weighted by molar-refractivity contribution is 0.0522. The third kappa shape index (κ3) is 8.00. The van der Waals surface area contributed by atoms with Crippen LogP contribution in [-0.2, 0) is 30.7 Å². The number of benzene rings is 1. The highest BCUT2D eigenvalue weighted by molar-refractivity contribution is 5.89. The smallest absolute Gasteiger partial charge is 0.407 e. The van der Waals surface area contributed by atoms with E-state index in [4.69, 9.17) is 14.5 Å². The number of amides is 1. The summed E-state index contributed by atoms with van der Waals surface area (Å²) in [4.78, 5) is 37.9. The molecule has 1 amide bonds. The molecule has 2 N–H and O–H groups in total. The van der Waals surface area contributed by atoms with E-state index in [1.165, 1.54) is 6.20 Å². The van der Waals surface area contributed by atoms with E-state index in [1.54, 1.807) is 0 Å². The predicted octanol–water partition coefficient (Wildman–Crippen LogP) is 6.22. The monoisotopic (exact) mass is 548 g/mol. The highest BCUT2D eigenvalue weighted by Crippen LogP contribution is 2.34. The fourth-order valence-corrected chi connectivity index (χ4v) is 4.28. The summed E-state index contributed by atoms with van der Waals surface area (Å²) in [5, 5.41) is 12.6. The molecule has 214 valence electrons. The number of carboxylic acid groups (broad SMARTS) is 1. The average Bonchev–Trinajstić information content (AvgIpc) is 2.86. The average molecular weight is 549 g/mol. The quantitative estimate of drug-likeness (QED) is 0.306. The molecular weight excluding hydrogens is 508 g/mol. The lowest BCUT2D eigenvalue weighted by atomic mass is 9.90. The number of aryl methyl sites for hydroxylation is 3. The number of nitrogens with zero attached hydrogens (tertiary/aromatic N) is 3. The Kier molecular flexibility index (Phi) is 9.84. The SMILES string of the molecule is CCc1ncc(C(=O)O)c(OCc2c(C)nc(CC(C)C)c(CNC(=O)OC(C)(C)C)c2-c2ccc(C)cc2)n1. The summed E-state index contributed by atoms with van der Waals surface area (Å²) < 4.78 is 11.6. The molecule has 3 aromatic rings. The van der Waals surface area contributed by atoms with Crippen molar-refractivity contribution in [1.29, 1.82) is 0 Å². The number of nitrogens with one attached hydrogen (secondary N) is 1. The van der Waals surface area contributed by atoms with E-state index in [0.717, 1.165) is 39.2 Å². The minimum Gasteiger partial charge on any atom is -0.477 e. The first kappa shape index (κ1) is 30.5. The van der Waals surface area contributed by atoms with Crippen molar-refractivity contribution in [1.82, 2.24) is 20.3 Å². The van der Waals surface area contributed by atoms with Gasteiger partial charge in [-0.3, -0.25) is 4.98 Å². The highest BCUT2D eigenvalue weighted by Gasteiger charge is 2.24. The largest absolute Gasteiger partial charge is 0.477 e. The lowest BCUT2D eigenvalue weighted by Crippen LogP contribution is -2.32. The van der Waals surface area contributed by atoms with Crippen LogP contribution in [0.2, 0.25) is 0 Å². The van der Waals surface area contributed by atoms with Gasteiger partial charge in [-0.2, -0.15) is 4.98 Å². The first-order chi connectivity index (χ1) is 18.8. The van der Waals surface area contributed by atoms with Crippen molar-refractivity contribution in [3.05, 3.63) is 69.9 Å². The van der Waals surface area contributed by atoms with Gasteiger partial charge in [0.05, 0.1) is 0 Å². The molecule has 0 unspecified atom stereocenters. The summed E-state index contributed by atoms with van der Waals surface area (Å²) in [6.07, 6.45) is 2.00. The van der Waals surface area contributed by atoms with Gasteiger partial charge < -0.3 is 19.9 Å². The Morgan fingerprint density at radius 1 is 1.05 bits per heavy atom. The molecule has 0 radical (unpaired) electrons. The van der Waals surface area contributed by atoms with Crippen molar-refractivity contribution in [2.24, 2.45) is 5.92 Å². The number of ether oxygens (including phenoxy) is 2. The van der Waals surface area contributed by atoms with Gasteiger partial charge >= 0.3 is 12.1 Å². The number of carbonyl (C=O) groups is 2. The maximum atomic E-state index is 12.6. The molecule has 0 saturated heterocycles. The molecule has 9 nitrogen and oxygen atoms in total. The maximum absolute atomic E-state index is 12.6. The fourth-order valence-electron chi connectivity index (χ4n) is 4.28. The first-order valence-corrected chi connectivity index (χ1v) is 13.6. The minimum atomic E-state index is -1.17. The van der Waals surface area contributed by atoms with Gasteiger partial charge in [0.25, 0.3) is 0 Å². The molecule has 0 aliphatic carbocycles. The van der Waals surface area contributed by atoms with Crippen molar-refractivity contribution >= 4 is 12.1 Å². The molecule has 9 heteroatoms. The van der Waals surface area contributed by atoms with Crippen LogP contribution < -0.4 is 10.1 Å². The molecule has 1 aromatic carbocycles. The van der Waals surface area contributed by atoms with Gasteiger partial charge in [-0.1, -0.05) is 50.6 Å². The van der Waals surface area contributed by atoms with E-state index >= 15 is 0 Å². The molecule has 0 atom stereocenters. The molecule has 0 saturated carbocycles. The standard InChI is InChI=1S/C31H40N4O5/c1-9-26-32-16-23(29(36)37)28(35-26)39-17-24-20(5)34-25(14-18(2)3)22(15-33-30(38)40-31(6,7)8)27(24)21-12-10-19(4)11-13-21/h10-13,16,18H,9,14-15,17H2,1-8H3,(H,33,38)(H,36,37). The predicted molar refractivity (Wildman–Crippen MR) is 153 cm³/mol. The van der Waals surface area contributed by atoms with Gasteiger partial charge in [0.15, 0.2) is 0 Å². The zero-order valence-corrected chi connectivity index (χ0v) is 24.7. The van der Waals surface area contributed by atoms with Crippen LogP contribution in [0.3, 0.4) is 0 Å². The van der Waals surface area contributed by atoms with E-state index in [9.17, 15) is 14.7 Å². The molecule has 2 heterocycles. The number of alkyl carbamates (subject to hydrolysis) is 1. The van der Waals surface area contributed by atoms with Gasteiger partial charge in [-0.15, -0.1) is 0 Å². The Hall–Kier alpha value is -4.01. The zero-order valence-electron chi connectivity index (χ0n) is 24.7. The Labute approximate surface area is 236 Å². The number of hydrogen-bond donors (Lipinski definition) is 2. The third-order valence-corrected chi connectivity index (χ3v) is 6.15. The van der Waals surface area contributed by atoms with Crippen LogP contribution in [0.5, 0.6) is 5.88 Å². The number of hydrogen-bond acceptors (Lipinski definition) is 7. The fraction of sp³-hybridized carbons (Fsp3) is 0.452. The number of rotatable bonds is 10. The summed E-state index contributed by atoms with van der Waals surface area (Å²) in [5.74, 6) is -0.344. The van der Waals surface area contributed by atoms with Crippen LogP contribution in [0.4, 0.5) is 4.79 Å². The van der Waals surface area contributed by atoms with Gasteiger partial charge in [0, 0.05) is 41.7 Å². The van der Waals surface area contributed by atoms with Gasteiger partial charge in [-0.25, -0.2) is 14.6 Å². The van der Waals surface area contributed by atoms with Crippen LogP contribution in [0.15, 0.2) is 30.5 Å². The third-order valence-electron chi connectivity index (χ3n) is 6.15. The van der Waals surface area contributed by atoms with Crippen LogP contribution in [0, 0.1) is 19.8 Å². The van der Waals surface area contributed by atoms with E-state index < -0.39 is 17.7 Å². The van der Waals surface area contributed by atoms with Crippen molar-refractivity contribution in [2.45, 2.75) is 87.0 Å². The second kappa shape index (κ2) is 12.9. The highest BCUT2D eigenvalue weighted by atomic mass is 16.6. The van der Waals surface area contributed by atoms with Crippen LogP contribution in [-0.4, -0.2) is 37.7 Å². The van der Waals surface area contributed by atoms with Crippen molar-refractivity contribution in [3.63, 3.8) is 0 Å². The van der Waals surface area contributed by atoms with E-state index in [2.05, 4.69) is 29.1 Å².